The zero-order chi connectivity index (χ0) is 96.4. The van der Waals surface area contributed by atoms with Crippen LogP contribution in [0, 0.1) is 91.2 Å². The second-order valence-corrected chi connectivity index (χ2v) is 40.2. The van der Waals surface area contributed by atoms with E-state index in [0.29, 0.717) is 55.7 Å². The molecular formula is C106H110F10N10O8. The van der Waals surface area contributed by atoms with Crippen molar-refractivity contribution in [3.8, 4) is 56.3 Å². The Labute approximate surface area is 772 Å². The maximum absolute atomic E-state index is 14.3. The molecule has 28 heteroatoms. The van der Waals surface area contributed by atoms with Gasteiger partial charge in [0.2, 0.25) is 0 Å². The van der Waals surface area contributed by atoms with Gasteiger partial charge >= 0.3 is 17.9 Å². The molecule has 5 fully saturated rings. The van der Waals surface area contributed by atoms with Crippen molar-refractivity contribution in [2.24, 2.45) is 33.0 Å². The molecule has 134 heavy (non-hydrogen) atoms. The summed E-state index contributed by atoms with van der Waals surface area (Å²) in [4.78, 5) is 48.5. The number of rotatable bonds is 19. The number of aliphatic carboxylic acids is 1. The highest BCUT2D eigenvalue weighted by atomic mass is 19.2. The predicted octanol–water partition coefficient (Wildman–Crippen LogP) is 23.4. The lowest BCUT2D eigenvalue weighted by atomic mass is 9.64. The number of fused-ring (bicyclic) bond motifs is 25. The molecule has 0 aliphatic heterocycles. The molecule has 18 nitrogen and oxygen atoms in total. The van der Waals surface area contributed by atoms with Gasteiger partial charge in [-0.3, -0.25) is 4.79 Å². The minimum absolute atomic E-state index is 0.0194. The van der Waals surface area contributed by atoms with Gasteiger partial charge in [0.05, 0.1) is 116 Å². The monoisotopic (exact) mass is 1840 g/mol. The van der Waals surface area contributed by atoms with Crippen molar-refractivity contribution in [1.29, 1.82) is 0 Å². The Morgan fingerprint density at radius 1 is 0.366 bits per heavy atom. The number of aromatic nitrogens is 10. The van der Waals surface area contributed by atoms with Crippen molar-refractivity contribution >= 4 is 24.2 Å². The average molecular weight is 1840 g/mol. The summed E-state index contributed by atoms with van der Waals surface area (Å²) in [5.74, 6) is -7.48. The maximum atomic E-state index is 14.3. The van der Waals surface area contributed by atoms with E-state index in [2.05, 4.69) is 120 Å². The van der Waals surface area contributed by atoms with Crippen molar-refractivity contribution in [2.45, 2.75) is 250 Å². The number of carbonyl (C=O) groups excluding carboxylic acids is 3. The van der Waals surface area contributed by atoms with Gasteiger partial charge in [-0.2, -0.15) is 35.7 Å². The molecular weight excluding hydrogens is 1730 g/mol. The summed E-state index contributed by atoms with van der Waals surface area (Å²) in [7, 11) is 0. The molecule has 10 aliphatic rings. The lowest BCUT2D eigenvalue weighted by Crippen LogP contribution is -2.39. The number of halogens is 10. The lowest BCUT2D eigenvalue weighted by Gasteiger charge is -2.39. The van der Waals surface area contributed by atoms with Gasteiger partial charge in [-0.25, -0.2) is 53.5 Å². The number of hydrogen-bond donors (Lipinski definition) is 2. The molecule has 10 bridgehead atoms. The quantitative estimate of drug-likeness (QED) is 0.0330. The first-order valence-electron chi connectivity index (χ1n) is 46.3. The number of ether oxygens (including phenoxy) is 2. The minimum atomic E-state index is -0.789. The molecule has 10 aromatic rings. The number of benzene rings is 5. The highest BCUT2D eigenvalue weighted by Gasteiger charge is 2.68. The van der Waals surface area contributed by atoms with E-state index in [1.54, 1.807) is 44.2 Å². The number of aliphatic hydroxyl groups is 1. The van der Waals surface area contributed by atoms with Crippen LogP contribution in [0.25, 0.3) is 56.3 Å². The summed E-state index contributed by atoms with van der Waals surface area (Å²) in [6.07, 6.45) is 16.0. The molecule has 5 saturated carbocycles. The van der Waals surface area contributed by atoms with E-state index < -0.39 is 91.7 Å². The fourth-order valence-electron chi connectivity index (χ4n) is 25.4. The van der Waals surface area contributed by atoms with Crippen LogP contribution in [0.15, 0.2) is 145 Å². The Hall–Kier alpha value is -11.7. The summed E-state index contributed by atoms with van der Waals surface area (Å²) in [6, 6.07) is 27.6. The number of allylic oxidation sites excluding steroid dienone is 2. The molecule has 5 aromatic carbocycles. The van der Waals surface area contributed by atoms with Gasteiger partial charge in [-0.15, -0.1) is 15.3 Å². The number of nitrogens with zero attached hydrogens (tertiary/aromatic N) is 10. The summed E-state index contributed by atoms with van der Waals surface area (Å²) in [6.45, 7) is 31.4. The highest BCUT2D eigenvalue weighted by molar-refractivity contribution is 5.90. The third-order valence-corrected chi connectivity index (χ3v) is 33.3. The fraction of sp³-hybridized carbons (Fsp3) is 0.453. The summed E-state index contributed by atoms with van der Waals surface area (Å²) >= 11 is 0. The zero-order valence-corrected chi connectivity index (χ0v) is 77.9. The van der Waals surface area contributed by atoms with Gasteiger partial charge in [0.25, 0.3) is 0 Å². The van der Waals surface area contributed by atoms with Crippen molar-refractivity contribution < 1.29 is 82.8 Å². The van der Waals surface area contributed by atoms with Gasteiger partial charge in [-0.1, -0.05) is 132 Å². The SMILES string of the molecule is CC1(C)[C@H]2CC[C@]1(C=O)c1nnc(-c3c(F)cccc3F)cc12.CC1(C)[C@H]2CC[C@]1(CO)c1nnc(-c3c(F)cccc3F)cc12.CCOC(=O)/C(=C\[C@@]12CC[C@@H](c3cc(-c4c(F)cccc4F)nnc31)C2(C)C)CC.CCOC(=O)/C(=C\[C@@]12CC[C@@H](c3cc(-c4c(F)cccc4F)nnc31)C2(C)C)CC.CC[C@H](C[C@@]12CC[C@@H](c3cc(-c4c(F)cccc4F)nnc31)C2(C)C)C(=O)O. The highest BCUT2D eigenvalue weighted by Crippen LogP contribution is 2.73. The van der Waals surface area contributed by atoms with E-state index in [9.17, 15) is 73.3 Å². The first-order chi connectivity index (χ1) is 63.6. The standard InChI is InChI=1S/2C24H26F2N2O2.C22H24F2N2O2.C18H18F2N2O.C18H16F2N2O/c2*1-5-14(22(29)30-6-2)13-24-11-10-16(23(24,3)4)15-12-19(27-28-21(15)24)20-17(25)8-7-9-18(20)26;1-4-12(20(27)28)11-22-9-8-14(21(22,2)3)13-10-17(25-26-19(13)22)18-15(23)6-5-7-16(18)24;2*1-17(2)11-6-7-18(17,9-23)16-10(11)8-14(21-22-16)15-12(19)4-3-5-13(15)20/h2*7-9,12-13,16H,5-6,10-11H2,1-4H3;5-7,10,12,14H,4,8-9,11H2,1-3H3,(H,27,28);3-5,8,11,23H,6-7,9H2,1-2H3;3-5,8-9,11H,6-7H2,1-2H3/b2*14-13-;;;/t2*16-,24-;12-,14+,22+;2*11-,18-/m00100/s1. The zero-order valence-electron chi connectivity index (χ0n) is 77.9. The molecule has 0 radical (unpaired) electrons. The smallest absolute Gasteiger partial charge is 0.333 e. The Morgan fingerprint density at radius 3 is 0.888 bits per heavy atom. The molecule has 5 aromatic heterocycles. The Bertz CT molecular complexity index is 6190. The van der Waals surface area contributed by atoms with Crippen LogP contribution in [-0.4, -0.2) is 105 Å². The van der Waals surface area contributed by atoms with Crippen molar-refractivity contribution in [2.75, 3.05) is 19.8 Å². The van der Waals surface area contributed by atoms with Gasteiger partial charge in [-0.05, 0) is 279 Å². The molecule has 2 N–H and O–H groups in total. The van der Waals surface area contributed by atoms with Crippen LogP contribution >= 0.6 is 0 Å². The summed E-state index contributed by atoms with van der Waals surface area (Å²) in [5.41, 5.74) is 6.87. The van der Waals surface area contributed by atoms with Gasteiger partial charge < -0.3 is 24.5 Å². The van der Waals surface area contributed by atoms with E-state index in [1.807, 2.05) is 32.9 Å². The summed E-state index contributed by atoms with van der Waals surface area (Å²) < 4.78 is 152. The third-order valence-electron chi connectivity index (χ3n) is 33.3. The number of aliphatic hydroxyl groups excluding tert-OH is 1. The second kappa shape index (κ2) is 35.2. The molecule has 702 valence electrons. The number of hydrogen-bond acceptors (Lipinski definition) is 17. The number of aldehydes is 1. The van der Waals surface area contributed by atoms with E-state index in [-0.39, 0.29) is 137 Å². The molecule has 0 spiro atoms. The molecule has 20 rings (SSSR count). The van der Waals surface area contributed by atoms with Crippen LogP contribution < -0.4 is 0 Å². The van der Waals surface area contributed by atoms with Crippen molar-refractivity contribution in [3.63, 3.8) is 0 Å². The van der Waals surface area contributed by atoms with E-state index in [4.69, 9.17) is 9.47 Å². The van der Waals surface area contributed by atoms with Gasteiger partial charge in [0.1, 0.15) is 64.5 Å². The van der Waals surface area contributed by atoms with Gasteiger partial charge in [0.15, 0.2) is 0 Å². The van der Waals surface area contributed by atoms with Crippen molar-refractivity contribution in [1.82, 2.24) is 51.0 Å². The third kappa shape index (κ3) is 14.5. The molecule has 0 amide bonds. The maximum Gasteiger partial charge on any atom is 0.333 e. The van der Waals surface area contributed by atoms with Gasteiger partial charge in [0, 0.05) is 32.8 Å². The predicted molar refractivity (Wildman–Crippen MR) is 483 cm³/mol. The first kappa shape index (κ1) is 95.5. The number of carboxylic acid groups (broad SMARTS) is 1. The normalized spacial score (nSPS) is 25.4. The Kier molecular flexibility index (Phi) is 25.1. The molecule has 0 unspecified atom stereocenters. The van der Waals surface area contributed by atoms with Crippen LogP contribution in [0.2, 0.25) is 0 Å². The number of carboxylic acids is 1. The molecule has 5 heterocycles. The lowest BCUT2D eigenvalue weighted by molar-refractivity contribution is -0.143. The van der Waals surface area contributed by atoms with Crippen LogP contribution in [0.5, 0.6) is 0 Å². The molecule has 11 atom stereocenters. The Morgan fingerprint density at radius 2 is 0.612 bits per heavy atom. The van der Waals surface area contributed by atoms with Crippen LogP contribution in [-0.2, 0) is 55.7 Å². The average Bonchev–Trinajstić information content (AvgIpc) is 1.54. The van der Waals surface area contributed by atoms with E-state index >= 15 is 0 Å². The van der Waals surface area contributed by atoms with Crippen LogP contribution in [0.3, 0.4) is 0 Å². The van der Waals surface area contributed by atoms with Crippen LogP contribution in [0.4, 0.5) is 43.9 Å². The van der Waals surface area contributed by atoms with E-state index in [1.165, 1.54) is 91.0 Å². The molecule has 10 aliphatic carbocycles. The Balaban J connectivity index is 0.000000122. The van der Waals surface area contributed by atoms with Crippen LogP contribution in [0.1, 0.15) is 280 Å². The number of carbonyl (C=O) groups is 4. The minimum Gasteiger partial charge on any atom is -0.481 e. The largest absolute Gasteiger partial charge is 0.481 e. The first-order valence-corrected chi connectivity index (χ1v) is 46.3. The fourth-order valence-corrected chi connectivity index (χ4v) is 25.4. The summed E-state index contributed by atoms with van der Waals surface area (Å²) in [5, 5.41) is 62.2. The van der Waals surface area contributed by atoms with E-state index in [0.717, 1.165) is 121 Å². The van der Waals surface area contributed by atoms with Crippen molar-refractivity contribution in [3.05, 3.63) is 259 Å². The second-order valence-electron chi connectivity index (χ2n) is 40.2. The topological polar surface area (TPSA) is 256 Å². The number of esters is 2. The molecule has 0 saturated heterocycles.